The number of nitrogens with one attached hydrogen (secondary N) is 2. The van der Waals surface area contributed by atoms with Crippen molar-refractivity contribution in [2.45, 2.75) is 36.6 Å². The molecule has 0 aliphatic heterocycles. The number of hydrogen-bond acceptors (Lipinski definition) is 7. The number of aromatic nitrogens is 2. The zero-order valence-corrected chi connectivity index (χ0v) is 18.2. The Kier molecular flexibility index (Phi) is 8.32. The second kappa shape index (κ2) is 11.2. The Hall–Kier alpha value is -1.90. The predicted octanol–water partition coefficient (Wildman–Crippen LogP) is 4.48. The highest BCUT2D eigenvalue weighted by atomic mass is 32.2. The van der Waals surface area contributed by atoms with Crippen LogP contribution in [0.15, 0.2) is 52.2 Å². The van der Waals surface area contributed by atoms with E-state index in [1.165, 1.54) is 33.5 Å². The van der Waals surface area contributed by atoms with Gasteiger partial charge in [-0.1, -0.05) is 59.5 Å². The predicted molar refractivity (Wildman–Crippen MR) is 120 cm³/mol. The SMILES string of the molecule is CC(CCc1ccccc1)NC(=O)CSc1nnc(NCCc2cccs2)s1. The molecule has 8 heteroatoms. The number of hydrogen-bond donors (Lipinski definition) is 2. The van der Waals surface area contributed by atoms with Crippen molar-refractivity contribution in [1.29, 1.82) is 0 Å². The van der Waals surface area contributed by atoms with Crippen LogP contribution >= 0.6 is 34.4 Å². The number of amides is 1. The molecule has 0 radical (unpaired) electrons. The van der Waals surface area contributed by atoms with E-state index < -0.39 is 0 Å². The second-order valence-electron chi connectivity index (χ2n) is 6.41. The molecular formula is C20H24N4OS3. The van der Waals surface area contributed by atoms with Crippen LogP contribution in [0.1, 0.15) is 23.8 Å². The Bertz CT molecular complexity index is 836. The Morgan fingerprint density at radius 3 is 2.79 bits per heavy atom. The van der Waals surface area contributed by atoms with Gasteiger partial charge in [-0.3, -0.25) is 4.79 Å². The minimum Gasteiger partial charge on any atom is -0.360 e. The van der Waals surface area contributed by atoms with Crippen molar-refractivity contribution in [3.63, 3.8) is 0 Å². The van der Waals surface area contributed by atoms with Gasteiger partial charge < -0.3 is 10.6 Å². The fourth-order valence-corrected chi connectivity index (χ4v) is 4.93. The van der Waals surface area contributed by atoms with Crippen molar-refractivity contribution in [2.75, 3.05) is 17.6 Å². The summed E-state index contributed by atoms with van der Waals surface area (Å²) in [7, 11) is 0. The molecule has 2 N–H and O–H groups in total. The number of benzene rings is 1. The van der Waals surface area contributed by atoms with Gasteiger partial charge in [-0.25, -0.2) is 0 Å². The number of thiophene rings is 1. The highest BCUT2D eigenvalue weighted by Crippen LogP contribution is 2.25. The van der Waals surface area contributed by atoms with E-state index >= 15 is 0 Å². The summed E-state index contributed by atoms with van der Waals surface area (Å²) in [4.78, 5) is 13.5. The molecule has 0 saturated heterocycles. The smallest absolute Gasteiger partial charge is 0.230 e. The topological polar surface area (TPSA) is 66.9 Å². The molecule has 2 heterocycles. The van der Waals surface area contributed by atoms with Crippen LogP contribution in [-0.2, 0) is 17.6 Å². The number of aryl methyl sites for hydroxylation is 1. The largest absolute Gasteiger partial charge is 0.360 e. The minimum atomic E-state index is 0.0352. The fourth-order valence-electron chi connectivity index (χ4n) is 2.63. The summed E-state index contributed by atoms with van der Waals surface area (Å²) in [6, 6.07) is 14.7. The molecule has 3 aromatic rings. The van der Waals surface area contributed by atoms with Gasteiger partial charge in [0.2, 0.25) is 11.0 Å². The number of rotatable bonds is 11. The molecule has 2 aromatic heterocycles. The quantitative estimate of drug-likeness (QED) is 0.437. The molecule has 148 valence electrons. The molecule has 5 nitrogen and oxygen atoms in total. The van der Waals surface area contributed by atoms with Crippen LogP contribution in [0.2, 0.25) is 0 Å². The highest BCUT2D eigenvalue weighted by Gasteiger charge is 2.11. The molecule has 0 fully saturated rings. The second-order valence-corrected chi connectivity index (χ2v) is 9.64. The molecule has 0 aliphatic rings. The standard InChI is InChI=1S/C20H24N4OS3/c1-15(9-10-16-6-3-2-4-7-16)22-18(25)14-27-20-24-23-19(28-20)21-12-11-17-8-5-13-26-17/h2-8,13,15H,9-12,14H2,1H3,(H,21,23)(H,22,25). The van der Waals surface area contributed by atoms with Gasteiger partial charge >= 0.3 is 0 Å². The lowest BCUT2D eigenvalue weighted by molar-refractivity contribution is -0.119. The van der Waals surface area contributed by atoms with E-state index in [1.54, 1.807) is 11.3 Å². The van der Waals surface area contributed by atoms with Crippen LogP contribution in [-0.4, -0.2) is 34.4 Å². The van der Waals surface area contributed by atoms with E-state index in [4.69, 9.17) is 0 Å². The normalized spacial score (nSPS) is 11.9. The van der Waals surface area contributed by atoms with E-state index in [-0.39, 0.29) is 11.9 Å². The molecule has 1 amide bonds. The van der Waals surface area contributed by atoms with Gasteiger partial charge in [0.15, 0.2) is 4.34 Å². The molecule has 0 bridgehead atoms. The zero-order valence-electron chi connectivity index (χ0n) is 15.8. The summed E-state index contributed by atoms with van der Waals surface area (Å²) in [5, 5.41) is 17.5. The van der Waals surface area contributed by atoms with Crippen molar-refractivity contribution >= 4 is 45.5 Å². The van der Waals surface area contributed by atoms with Crippen molar-refractivity contribution in [3.8, 4) is 0 Å². The average Bonchev–Trinajstić information content (AvgIpc) is 3.38. The molecular weight excluding hydrogens is 408 g/mol. The van der Waals surface area contributed by atoms with Crippen molar-refractivity contribution in [1.82, 2.24) is 15.5 Å². The minimum absolute atomic E-state index is 0.0352. The maximum absolute atomic E-state index is 12.2. The van der Waals surface area contributed by atoms with Crippen LogP contribution in [0.4, 0.5) is 5.13 Å². The van der Waals surface area contributed by atoms with Crippen LogP contribution in [0.5, 0.6) is 0 Å². The zero-order chi connectivity index (χ0) is 19.6. The van der Waals surface area contributed by atoms with Gasteiger partial charge in [0.05, 0.1) is 5.75 Å². The molecule has 1 unspecified atom stereocenters. The van der Waals surface area contributed by atoms with Gasteiger partial charge in [0, 0.05) is 17.5 Å². The van der Waals surface area contributed by atoms with Gasteiger partial charge in [-0.15, -0.1) is 21.5 Å². The van der Waals surface area contributed by atoms with E-state index in [0.717, 1.165) is 35.3 Å². The lowest BCUT2D eigenvalue weighted by Gasteiger charge is -2.13. The molecule has 3 rings (SSSR count). The molecule has 1 atom stereocenters. The highest BCUT2D eigenvalue weighted by molar-refractivity contribution is 8.01. The summed E-state index contributed by atoms with van der Waals surface area (Å²) in [5.74, 6) is 0.396. The third-order valence-electron chi connectivity index (χ3n) is 4.08. The lowest BCUT2D eigenvalue weighted by atomic mass is 10.1. The first kappa shape index (κ1) is 20.8. The van der Waals surface area contributed by atoms with Gasteiger partial charge in [0.1, 0.15) is 0 Å². The fraction of sp³-hybridized carbons (Fsp3) is 0.350. The van der Waals surface area contributed by atoms with Crippen molar-refractivity contribution in [2.24, 2.45) is 0 Å². The van der Waals surface area contributed by atoms with E-state index in [0.29, 0.717) is 5.75 Å². The maximum Gasteiger partial charge on any atom is 0.230 e. The number of nitrogens with zero attached hydrogens (tertiary/aromatic N) is 2. The van der Waals surface area contributed by atoms with Crippen molar-refractivity contribution in [3.05, 3.63) is 58.3 Å². The number of carbonyl (C=O) groups is 1. The van der Waals surface area contributed by atoms with E-state index in [2.05, 4.69) is 50.5 Å². The summed E-state index contributed by atoms with van der Waals surface area (Å²) in [5.41, 5.74) is 1.30. The Balaban J connectivity index is 1.32. The van der Waals surface area contributed by atoms with Crippen LogP contribution in [0.3, 0.4) is 0 Å². The number of thioether (sulfide) groups is 1. The summed E-state index contributed by atoms with van der Waals surface area (Å²) >= 11 is 4.68. The molecule has 1 aromatic carbocycles. The first-order valence-electron chi connectivity index (χ1n) is 9.25. The molecule has 0 aliphatic carbocycles. The average molecular weight is 433 g/mol. The summed E-state index contributed by atoms with van der Waals surface area (Å²) in [6.07, 6.45) is 2.87. The number of carbonyl (C=O) groups excluding carboxylic acids is 1. The summed E-state index contributed by atoms with van der Waals surface area (Å²) < 4.78 is 0.811. The first-order chi connectivity index (χ1) is 13.7. The van der Waals surface area contributed by atoms with E-state index in [1.807, 2.05) is 25.1 Å². The van der Waals surface area contributed by atoms with Crippen molar-refractivity contribution < 1.29 is 4.79 Å². The Labute approximate surface area is 178 Å². The van der Waals surface area contributed by atoms with E-state index in [9.17, 15) is 4.79 Å². The molecule has 0 saturated carbocycles. The van der Waals surface area contributed by atoms with Gasteiger partial charge in [0.25, 0.3) is 0 Å². The monoisotopic (exact) mass is 432 g/mol. The first-order valence-corrected chi connectivity index (χ1v) is 11.9. The molecule has 0 spiro atoms. The lowest BCUT2D eigenvalue weighted by Crippen LogP contribution is -2.34. The third kappa shape index (κ3) is 7.26. The van der Waals surface area contributed by atoms with Crippen LogP contribution in [0.25, 0.3) is 0 Å². The van der Waals surface area contributed by atoms with Crippen LogP contribution < -0.4 is 10.6 Å². The summed E-state index contributed by atoms with van der Waals surface area (Å²) in [6.45, 7) is 2.88. The molecule has 28 heavy (non-hydrogen) atoms. The maximum atomic E-state index is 12.2. The number of anilines is 1. The van der Waals surface area contributed by atoms with Gasteiger partial charge in [-0.05, 0) is 43.2 Å². The van der Waals surface area contributed by atoms with Crippen LogP contribution in [0, 0.1) is 0 Å². The Morgan fingerprint density at radius 2 is 2.00 bits per heavy atom. The Morgan fingerprint density at radius 1 is 1.14 bits per heavy atom. The van der Waals surface area contributed by atoms with Gasteiger partial charge in [-0.2, -0.15) is 0 Å². The third-order valence-corrected chi connectivity index (χ3v) is 7.03.